The second-order valence-corrected chi connectivity index (χ2v) is 4.62. The fraction of sp³-hybridized carbons (Fsp3) is 0.214. The molecule has 0 bridgehead atoms. The molecule has 1 aromatic heterocycles. The summed E-state index contributed by atoms with van der Waals surface area (Å²) in [5, 5.41) is 9.53. The molecule has 2 aromatic rings. The SMILES string of the molecule is C/C=C\c1cc2c(Cl)c(C#N)ccc2n1CC(F)(F)F. The number of halogens is 4. The lowest BCUT2D eigenvalue weighted by Gasteiger charge is -2.11. The molecule has 0 saturated carbocycles. The Bertz CT molecular complexity index is 721. The van der Waals surface area contributed by atoms with E-state index in [9.17, 15) is 13.2 Å². The van der Waals surface area contributed by atoms with Crippen molar-refractivity contribution in [1.29, 1.82) is 5.26 Å². The molecule has 1 heterocycles. The molecule has 0 atom stereocenters. The van der Waals surface area contributed by atoms with Crippen molar-refractivity contribution in [2.24, 2.45) is 0 Å². The van der Waals surface area contributed by atoms with Crippen LogP contribution in [0.4, 0.5) is 13.2 Å². The fourth-order valence-corrected chi connectivity index (χ4v) is 2.33. The number of rotatable bonds is 2. The Kier molecular flexibility index (Phi) is 3.78. The average molecular weight is 299 g/mol. The third-order valence-corrected chi connectivity index (χ3v) is 3.25. The highest BCUT2D eigenvalue weighted by Gasteiger charge is 2.29. The van der Waals surface area contributed by atoms with Crippen LogP contribution in [-0.4, -0.2) is 10.7 Å². The number of hydrogen-bond acceptors (Lipinski definition) is 1. The van der Waals surface area contributed by atoms with Crippen LogP contribution in [0.3, 0.4) is 0 Å². The number of fused-ring (bicyclic) bond motifs is 1. The Morgan fingerprint density at radius 3 is 2.65 bits per heavy atom. The molecule has 0 N–H and O–H groups in total. The quantitative estimate of drug-likeness (QED) is 0.785. The second-order valence-electron chi connectivity index (χ2n) is 4.24. The van der Waals surface area contributed by atoms with Crippen LogP contribution in [0.2, 0.25) is 5.02 Å². The van der Waals surface area contributed by atoms with Crippen molar-refractivity contribution in [3.63, 3.8) is 0 Å². The van der Waals surface area contributed by atoms with Gasteiger partial charge in [-0.05, 0) is 31.2 Å². The highest BCUT2D eigenvalue weighted by molar-refractivity contribution is 6.36. The van der Waals surface area contributed by atoms with Crippen LogP contribution in [0.15, 0.2) is 24.3 Å². The monoisotopic (exact) mass is 298 g/mol. The molecule has 2 nitrogen and oxygen atoms in total. The Hall–Kier alpha value is -1.93. The molecule has 20 heavy (non-hydrogen) atoms. The van der Waals surface area contributed by atoms with Crippen molar-refractivity contribution >= 4 is 28.6 Å². The maximum Gasteiger partial charge on any atom is 0.406 e. The van der Waals surface area contributed by atoms with E-state index in [-0.39, 0.29) is 10.6 Å². The largest absolute Gasteiger partial charge is 0.406 e. The summed E-state index contributed by atoms with van der Waals surface area (Å²) in [7, 11) is 0. The first-order chi connectivity index (χ1) is 9.37. The number of benzene rings is 1. The first-order valence-electron chi connectivity index (χ1n) is 5.78. The molecular formula is C14H10ClF3N2. The highest BCUT2D eigenvalue weighted by atomic mass is 35.5. The zero-order valence-electron chi connectivity index (χ0n) is 10.5. The molecule has 0 saturated heterocycles. The van der Waals surface area contributed by atoms with E-state index in [2.05, 4.69) is 0 Å². The number of aromatic nitrogens is 1. The predicted molar refractivity (Wildman–Crippen MR) is 72.4 cm³/mol. The minimum atomic E-state index is -4.33. The van der Waals surface area contributed by atoms with Gasteiger partial charge in [-0.3, -0.25) is 0 Å². The third-order valence-electron chi connectivity index (χ3n) is 2.85. The summed E-state index contributed by atoms with van der Waals surface area (Å²) >= 11 is 6.06. The minimum absolute atomic E-state index is 0.177. The van der Waals surface area contributed by atoms with E-state index >= 15 is 0 Å². The van der Waals surface area contributed by atoms with E-state index in [0.29, 0.717) is 16.6 Å². The number of alkyl halides is 3. The highest BCUT2D eigenvalue weighted by Crippen LogP contribution is 2.32. The van der Waals surface area contributed by atoms with Crippen molar-refractivity contribution in [3.8, 4) is 6.07 Å². The van der Waals surface area contributed by atoms with Gasteiger partial charge in [-0.25, -0.2) is 0 Å². The third kappa shape index (κ3) is 2.66. The molecule has 0 aliphatic rings. The summed E-state index contributed by atoms with van der Waals surface area (Å²) in [5.74, 6) is 0. The van der Waals surface area contributed by atoms with E-state index in [0.717, 1.165) is 4.57 Å². The van der Waals surface area contributed by atoms with Crippen LogP contribution >= 0.6 is 11.6 Å². The molecule has 0 amide bonds. The molecule has 0 radical (unpaired) electrons. The number of nitrogens with zero attached hydrogens (tertiary/aromatic N) is 2. The van der Waals surface area contributed by atoms with Crippen LogP contribution in [0.1, 0.15) is 18.2 Å². The standard InChI is InChI=1S/C14H10ClF3N2/c1-2-3-10-6-11-12(20(10)8-14(16,17)18)5-4-9(7-19)13(11)15/h2-6H,8H2,1H3/b3-2-. The van der Waals surface area contributed by atoms with Gasteiger partial charge in [-0.15, -0.1) is 0 Å². The van der Waals surface area contributed by atoms with Crippen LogP contribution in [0.5, 0.6) is 0 Å². The zero-order chi connectivity index (χ0) is 14.9. The molecular weight excluding hydrogens is 289 g/mol. The average Bonchev–Trinajstić information content (AvgIpc) is 2.68. The van der Waals surface area contributed by atoms with Gasteiger partial charge in [0.1, 0.15) is 12.6 Å². The van der Waals surface area contributed by atoms with Gasteiger partial charge in [-0.1, -0.05) is 17.7 Å². The van der Waals surface area contributed by atoms with E-state index in [4.69, 9.17) is 16.9 Å². The van der Waals surface area contributed by atoms with Gasteiger partial charge in [0.05, 0.1) is 16.1 Å². The van der Waals surface area contributed by atoms with E-state index < -0.39 is 12.7 Å². The maximum absolute atomic E-state index is 12.7. The summed E-state index contributed by atoms with van der Waals surface area (Å²) in [6.45, 7) is 0.621. The number of allylic oxidation sites excluding steroid dienone is 1. The Labute approximate surface area is 118 Å². The Morgan fingerprint density at radius 2 is 2.10 bits per heavy atom. The van der Waals surface area contributed by atoms with Gasteiger partial charge in [0, 0.05) is 11.1 Å². The second kappa shape index (κ2) is 5.22. The maximum atomic E-state index is 12.7. The smallest absolute Gasteiger partial charge is 0.332 e. The predicted octanol–water partition coefficient (Wildman–Crippen LogP) is 4.76. The van der Waals surface area contributed by atoms with Crippen LogP contribution < -0.4 is 0 Å². The van der Waals surface area contributed by atoms with E-state index in [1.807, 2.05) is 6.07 Å². The summed E-state index contributed by atoms with van der Waals surface area (Å²) in [6.07, 6.45) is -1.10. The molecule has 0 spiro atoms. The summed E-state index contributed by atoms with van der Waals surface area (Å²) < 4.78 is 39.2. The molecule has 0 aliphatic carbocycles. The summed E-state index contributed by atoms with van der Waals surface area (Å²) in [5.41, 5.74) is 1.01. The fourth-order valence-electron chi connectivity index (χ4n) is 2.07. The van der Waals surface area contributed by atoms with E-state index in [1.54, 1.807) is 25.1 Å². The molecule has 2 rings (SSSR count). The molecule has 0 aliphatic heterocycles. The van der Waals surface area contributed by atoms with Gasteiger partial charge >= 0.3 is 6.18 Å². The van der Waals surface area contributed by atoms with Crippen molar-refractivity contribution in [1.82, 2.24) is 4.57 Å². The lowest BCUT2D eigenvalue weighted by molar-refractivity contribution is -0.139. The van der Waals surface area contributed by atoms with Crippen LogP contribution in [0, 0.1) is 11.3 Å². The van der Waals surface area contributed by atoms with Gasteiger partial charge in [0.25, 0.3) is 0 Å². The number of hydrogen-bond donors (Lipinski definition) is 0. The van der Waals surface area contributed by atoms with Crippen LogP contribution in [0.25, 0.3) is 17.0 Å². The first kappa shape index (κ1) is 14.5. The van der Waals surface area contributed by atoms with Gasteiger partial charge in [0.2, 0.25) is 0 Å². The lowest BCUT2D eigenvalue weighted by Crippen LogP contribution is -2.18. The van der Waals surface area contributed by atoms with Crippen molar-refractivity contribution in [2.45, 2.75) is 19.6 Å². The zero-order valence-corrected chi connectivity index (χ0v) is 11.3. The molecule has 0 unspecified atom stereocenters. The van der Waals surface area contributed by atoms with Crippen LogP contribution in [-0.2, 0) is 6.54 Å². The summed E-state index contributed by atoms with van der Waals surface area (Å²) in [6, 6.07) is 6.39. The topological polar surface area (TPSA) is 28.7 Å². The van der Waals surface area contributed by atoms with Crippen molar-refractivity contribution in [2.75, 3.05) is 0 Å². The Morgan fingerprint density at radius 1 is 1.40 bits per heavy atom. The Balaban J connectivity index is 2.74. The van der Waals surface area contributed by atoms with Gasteiger partial charge < -0.3 is 4.57 Å². The van der Waals surface area contributed by atoms with Gasteiger partial charge in [-0.2, -0.15) is 18.4 Å². The minimum Gasteiger partial charge on any atom is -0.332 e. The lowest BCUT2D eigenvalue weighted by atomic mass is 10.1. The summed E-state index contributed by atoms with van der Waals surface area (Å²) in [4.78, 5) is 0. The van der Waals surface area contributed by atoms with E-state index in [1.165, 1.54) is 12.1 Å². The molecule has 104 valence electrons. The van der Waals surface area contributed by atoms with Gasteiger partial charge in [0.15, 0.2) is 0 Å². The normalized spacial score (nSPS) is 12.2. The molecule has 6 heteroatoms. The van der Waals surface area contributed by atoms with Crippen molar-refractivity contribution < 1.29 is 13.2 Å². The van der Waals surface area contributed by atoms with Crippen molar-refractivity contribution in [3.05, 3.63) is 40.6 Å². The number of nitriles is 1. The first-order valence-corrected chi connectivity index (χ1v) is 6.16. The molecule has 0 fully saturated rings. The molecule has 1 aromatic carbocycles.